The third-order valence-electron chi connectivity index (χ3n) is 4.24. The Labute approximate surface area is 113 Å². The molecule has 0 atom stereocenters. The van der Waals surface area contributed by atoms with E-state index in [1.54, 1.807) is 0 Å². The van der Waals surface area contributed by atoms with Gasteiger partial charge in [-0.05, 0) is 58.9 Å². The third-order valence-corrected chi connectivity index (χ3v) is 4.24. The van der Waals surface area contributed by atoms with Gasteiger partial charge in [0.1, 0.15) is 0 Å². The topological polar surface area (TPSA) is 0 Å². The first-order valence-corrected chi connectivity index (χ1v) is 6.85. The van der Waals surface area contributed by atoms with Gasteiger partial charge in [0.05, 0.1) is 0 Å². The van der Waals surface area contributed by atoms with E-state index in [0.717, 1.165) is 6.42 Å². The van der Waals surface area contributed by atoms with Crippen molar-refractivity contribution >= 4 is 10.8 Å². The van der Waals surface area contributed by atoms with Gasteiger partial charge in [0.2, 0.25) is 0 Å². The SMILES string of the molecule is Cc1ccc2c(c1)Cc1cc(C)c3ccccc3c1-2. The lowest BCUT2D eigenvalue weighted by Gasteiger charge is -2.09. The molecule has 0 spiro atoms. The van der Waals surface area contributed by atoms with Crippen molar-refractivity contribution < 1.29 is 0 Å². The van der Waals surface area contributed by atoms with Gasteiger partial charge in [-0.2, -0.15) is 0 Å². The molecule has 0 nitrogen and oxygen atoms in total. The molecule has 0 radical (unpaired) electrons. The Morgan fingerprint density at radius 3 is 2.42 bits per heavy atom. The summed E-state index contributed by atoms with van der Waals surface area (Å²) in [6.45, 7) is 4.39. The summed E-state index contributed by atoms with van der Waals surface area (Å²) in [5.41, 5.74) is 8.59. The van der Waals surface area contributed by atoms with Gasteiger partial charge in [-0.1, -0.05) is 54.1 Å². The van der Waals surface area contributed by atoms with Crippen molar-refractivity contribution in [3.63, 3.8) is 0 Å². The normalized spacial score (nSPS) is 12.5. The van der Waals surface area contributed by atoms with Crippen LogP contribution in [0.2, 0.25) is 0 Å². The zero-order chi connectivity index (χ0) is 13.0. The summed E-state index contributed by atoms with van der Waals surface area (Å²) < 4.78 is 0. The first-order valence-electron chi connectivity index (χ1n) is 6.85. The highest BCUT2D eigenvalue weighted by molar-refractivity contribution is 6.02. The number of fused-ring (bicyclic) bond motifs is 5. The second-order valence-electron chi connectivity index (χ2n) is 5.61. The van der Waals surface area contributed by atoms with E-state index in [2.05, 4.69) is 62.4 Å². The summed E-state index contributed by atoms with van der Waals surface area (Å²) in [5, 5.41) is 2.79. The molecule has 4 rings (SSSR count). The molecule has 0 saturated carbocycles. The monoisotopic (exact) mass is 244 g/mol. The zero-order valence-corrected chi connectivity index (χ0v) is 11.3. The number of aryl methyl sites for hydroxylation is 2. The minimum atomic E-state index is 1.08. The van der Waals surface area contributed by atoms with E-state index in [4.69, 9.17) is 0 Å². The number of hydrogen-bond acceptors (Lipinski definition) is 0. The Bertz CT molecular complexity index is 810. The molecular formula is C19H16. The number of benzene rings is 3. The van der Waals surface area contributed by atoms with Crippen molar-refractivity contribution in [2.45, 2.75) is 20.3 Å². The van der Waals surface area contributed by atoms with Crippen LogP contribution >= 0.6 is 0 Å². The molecule has 0 amide bonds. The lowest BCUT2D eigenvalue weighted by atomic mass is 9.94. The van der Waals surface area contributed by atoms with E-state index in [9.17, 15) is 0 Å². The Balaban J connectivity index is 2.14. The molecule has 0 heteroatoms. The molecule has 0 aromatic heterocycles. The molecule has 0 fully saturated rings. The zero-order valence-electron chi connectivity index (χ0n) is 11.3. The maximum atomic E-state index is 2.37. The Morgan fingerprint density at radius 1 is 0.789 bits per heavy atom. The molecule has 0 unspecified atom stereocenters. The molecule has 3 aromatic carbocycles. The molecule has 0 bridgehead atoms. The second kappa shape index (κ2) is 3.71. The van der Waals surface area contributed by atoms with Gasteiger partial charge in [0, 0.05) is 0 Å². The van der Waals surface area contributed by atoms with E-state index in [1.165, 1.54) is 44.2 Å². The summed E-state index contributed by atoms with van der Waals surface area (Å²) in [4.78, 5) is 0. The lowest BCUT2D eigenvalue weighted by molar-refractivity contribution is 1.24. The summed E-state index contributed by atoms with van der Waals surface area (Å²) in [5.74, 6) is 0. The van der Waals surface area contributed by atoms with Crippen LogP contribution in [0.5, 0.6) is 0 Å². The molecule has 92 valence electrons. The second-order valence-corrected chi connectivity index (χ2v) is 5.61. The fourth-order valence-corrected chi connectivity index (χ4v) is 3.40. The largest absolute Gasteiger partial charge is 0.0616 e. The van der Waals surface area contributed by atoms with Gasteiger partial charge < -0.3 is 0 Å². The highest BCUT2D eigenvalue weighted by atomic mass is 14.2. The van der Waals surface area contributed by atoms with E-state index in [1.807, 2.05) is 0 Å². The molecule has 0 aliphatic heterocycles. The highest BCUT2D eigenvalue weighted by Gasteiger charge is 2.21. The summed E-state index contributed by atoms with van der Waals surface area (Å²) in [7, 11) is 0. The predicted molar refractivity (Wildman–Crippen MR) is 81.7 cm³/mol. The minimum absolute atomic E-state index is 1.08. The lowest BCUT2D eigenvalue weighted by Crippen LogP contribution is -1.86. The van der Waals surface area contributed by atoms with Crippen molar-refractivity contribution in [3.05, 3.63) is 70.8 Å². The molecular weight excluding hydrogens is 228 g/mol. The van der Waals surface area contributed by atoms with E-state index in [0.29, 0.717) is 0 Å². The van der Waals surface area contributed by atoms with Gasteiger partial charge >= 0.3 is 0 Å². The van der Waals surface area contributed by atoms with Crippen LogP contribution in [-0.4, -0.2) is 0 Å². The van der Waals surface area contributed by atoms with Crippen LogP contribution in [-0.2, 0) is 6.42 Å². The summed E-state index contributed by atoms with van der Waals surface area (Å²) in [6.07, 6.45) is 1.08. The van der Waals surface area contributed by atoms with Crippen molar-refractivity contribution in [1.29, 1.82) is 0 Å². The smallest absolute Gasteiger partial charge is 0.00130 e. The van der Waals surface area contributed by atoms with Crippen LogP contribution < -0.4 is 0 Å². The van der Waals surface area contributed by atoms with Crippen LogP contribution in [0.1, 0.15) is 22.3 Å². The van der Waals surface area contributed by atoms with E-state index in [-0.39, 0.29) is 0 Å². The molecule has 0 saturated heterocycles. The standard InChI is InChI=1S/C19H16/c1-12-7-8-17-14(9-12)11-15-10-13(2)16-5-3-4-6-18(16)19(15)17/h3-10H,11H2,1-2H3. The van der Waals surface area contributed by atoms with Gasteiger partial charge in [-0.15, -0.1) is 0 Å². The average molecular weight is 244 g/mol. The Kier molecular flexibility index (Phi) is 2.11. The van der Waals surface area contributed by atoms with Crippen LogP contribution in [0.15, 0.2) is 48.5 Å². The van der Waals surface area contributed by atoms with Crippen LogP contribution in [0.4, 0.5) is 0 Å². The van der Waals surface area contributed by atoms with Crippen molar-refractivity contribution in [2.24, 2.45) is 0 Å². The molecule has 1 aliphatic rings. The quantitative estimate of drug-likeness (QED) is 0.407. The molecule has 1 aliphatic carbocycles. The Morgan fingerprint density at radius 2 is 1.58 bits per heavy atom. The van der Waals surface area contributed by atoms with E-state index < -0.39 is 0 Å². The third kappa shape index (κ3) is 1.46. The van der Waals surface area contributed by atoms with Gasteiger partial charge in [0.25, 0.3) is 0 Å². The van der Waals surface area contributed by atoms with Crippen molar-refractivity contribution in [2.75, 3.05) is 0 Å². The first-order chi connectivity index (χ1) is 9.24. The number of rotatable bonds is 0. The van der Waals surface area contributed by atoms with Crippen molar-refractivity contribution in [1.82, 2.24) is 0 Å². The van der Waals surface area contributed by atoms with Crippen molar-refractivity contribution in [3.8, 4) is 11.1 Å². The van der Waals surface area contributed by atoms with Gasteiger partial charge in [-0.25, -0.2) is 0 Å². The Hall–Kier alpha value is -2.08. The average Bonchev–Trinajstić information content (AvgIpc) is 2.76. The maximum Gasteiger partial charge on any atom is -0.00130 e. The summed E-state index contributed by atoms with van der Waals surface area (Å²) in [6, 6.07) is 18.0. The highest BCUT2D eigenvalue weighted by Crippen LogP contribution is 2.42. The fourth-order valence-electron chi connectivity index (χ4n) is 3.40. The summed E-state index contributed by atoms with van der Waals surface area (Å²) >= 11 is 0. The molecule has 0 heterocycles. The molecule has 3 aromatic rings. The van der Waals surface area contributed by atoms with Gasteiger partial charge in [0.15, 0.2) is 0 Å². The number of hydrogen-bond donors (Lipinski definition) is 0. The van der Waals surface area contributed by atoms with Crippen LogP contribution in [0, 0.1) is 13.8 Å². The van der Waals surface area contributed by atoms with Crippen LogP contribution in [0.25, 0.3) is 21.9 Å². The minimum Gasteiger partial charge on any atom is -0.0616 e. The van der Waals surface area contributed by atoms with E-state index >= 15 is 0 Å². The fraction of sp³-hybridized carbons (Fsp3) is 0.158. The van der Waals surface area contributed by atoms with Gasteiger partial charge in [-0.3, -0.25) is 0 Å². The molecule has 19 heavy (non-hydrogen) atoms. The maximum absolute atomic E-state index is 2.37. The predicted octanol–water partition coefficient (Wildman–Crippen LogP) is 5.03. The van der Waals surface area contributed by atoms with Crippen LogP contribution in [0.3, 0.4) is 0 Å². The molecule has 0 N–H and O–H groups in total. The first kappa shape index (κ1) is 10.8.